The topological polar surface area (TPSA) is 77.8 Å². The summed E-state index contributed by atoms with van der Waals surface area (Å²) in [4.78, 5) is -0.398. The summed E-state index contributed by atoms with van der Waals surface area (Å²) in [6.45, 7) is 9.09. The highest BCUT2D eigenvalue weighted by Gasteiger charge is 2.34. The van der Waals surface area contributed by atoms with Gasteiger partial charge in [0.1, 0.15) is 11.5 Å². The van der Waals surface area contributed by atoms with E-state index in [1.54, 1.807) is 6.08 Å². The molecular formula is C26H31NO4S. The number of piperidine rings is 1. The van der Waals surface area contributed by atoms with Gasteiger partial charge >= 0.3 is 0 Å². The highest BCUT2D eigenvalue weighted by atomic mass is 32.2. The molecule has 0 bridgehead atoms. The molecule has 170 valence electrons. The Hall–Kier alpha value is -2.57. The lowest BCUT2D eigenvalue weighted by molar-refractivity contribution is 0.341. The monoisotopic (exact) mass is 453 g/mol. The molecule has 1 saturated heterocycles. The number of aromatic hydroxyl groups is 2. The maximum atomic E-state index is 13.3. The first-order valence-electron chi connectivity index (χ1n) is 11.2. The van der Waals surface area contributed by atoms with Crippen molar-refractivity contribution in [2.24, 2.45) is 5.92 Å². The smallest absolute Gasteiger partial charge is 0.250 e. The first kappa shape index (κ1) is 22.6. The Kier molecular flexibility index (Phi) is 5.94. The molecule has 0 spiro atoms. The van der Waals surface area contributed by atoms with Gasteiger partial charge in [-0.05, 0) is 72.1 Å². The number of fused-ring (bicyclic) bond motifs is 3. The van der Waals surface area contributed by atoms with Crippen molar-refractivity contribution in [3.63, 3.8) is 0 Å². The van der Waals surface area contributed by atoms with E-state index in [0.29, 0.717) is 30.1 Å². The van der Waals surface area contributed by atoms with Crippen LogP contribution in [0.4, 0.5) is 0 Å². The molecule has 0 saturated carbocycles. The Balaban J connectivity index is 1.95. The van der Waals surface area contributed by atoms with Crippen molar-refractivity contribution in [1.29, 1.82) is 0 Å². The molecule has 0 amide bonds. The molecule has 5 nitrogen and oxygen atoms in total. The molecule has 1 aromatic carbocycles. The molecule has 1 aliphatic heterocycles. The van der Waals surface area contributed by atoms with Gasteiger partial charge < -0.3 is 10.2 Å². The number of nitrogens with zero attached hydrogens (tertiary/aromatic N) is 1. The van der Waals surface area contributed by atoms with Crippen LogP contribution in [0, 0.1) is 5.92 Å². The molecule has 6 heteroatoms. The van der Waals surface area contributed by atoms with E-state index in [4.69, 9.17) is 0 Å². The molecule has 1 heterocycles. The average Bonchev–Trinajstić information content (AvgIpc) is 3.00. The second-order valence-corrected chi connectivity index (χ2v) is 11.0. The first-order chi connectivity index (χ1) is 15.1. The lowest BCUT2D eigenvalue weighted by atomic mass is 9.89. The highest BCUT2D eigenvalue weighted by molar-refractivity contribution is 7.89. The quantitative estimate of drug-likeness (QED) is 0.630. The molecule has 3 aliphatic rings. The number of phenolic OH excluding ortho intramolecular Hbond substituents is 2. The Morgan fingerprint density at radius 1 is 0.938 bits per heavy atom. The van der Waals surface area contributed by atoms with Crippen LogP contribution < -0.4 is 0 Å². The predicted octanol–water partition coefficient (Wildman–Crippen LogP) is 5.54. The third-order valence-electron chi connectivity index (χ3n) is 6.55. The number of hydrogen-bond donors (Lipinski definition) is 2. The van der Waals surface area contributed by atoms with Gasteiger partial charge in [-0.1, -0.05) is 50.6 Å². The third-order valence-corrected chi connectivity index (χ3v) is 8.51. The van der Waals surface area contributed by atoms with E-state index < -0.39 is 26.4 Å². The second kappa shape index (κ2) is 8.41. The minimum absolute atomic E-state index is 0.337. The van der Waals surface area contributed by atoms with Gasteiger partial charge in [0.2, 0.25) is 10.0 Å². The van der Waals surface area contributed by atoms with Crippen LogP contribution in [0.25, 0.3) is 11.6 Å². The highest BCUT2D eigenvalue weighted by Crippen LogP contribution is 2.47. The fraction of sp³-hybridized carbons (Fsp3) is 0.385. The first-order valence-corrected chi connectivity index (χ1v) is 12.7. The summed E-state index contributed by atoms with van der Waals surface area (Å²) in [6, 6.07) is 1.50. The summed E-state index contributed by atoms with van der Waals surface area (Å²) in [7, 11) is -4.01. The van der Waals surface area contributed by atoms with Crippen LogP contribution in [-0.2, 0) is 10.0 Å². The zero-order chi connectivity index (χ0) is 23.2. The lowest BCUT2D eigenvalue weighted by Crippen LogP contribution is -2.35. The number of hydrogen-bond acceptors (Lipinski definition) is 4. The largest absolute Gasteiger partial charge is 0.506 e. The van der Waals surface area contributed by atoms with Crippen molar-refractivity contribution < 1.29 is 18.6 Å². The van der Waals surface area contributed by atoms with Crippen LogP contribution in [0.2, 0.25) is 0 Å². The van der Waals surface area contributed by atoms with Crippen LogP contribution in [0.1, 0.15) is 58.1 Å². The molecule has 2 N–H and O–H groups in total. The van der Waals surface area contributed by atoms with E-state index in [2.05, 4.69) is 26.0 Å². The van der Waals surface area contributed by atoms with Crippen molar-refractivity contribution in [3.05, 3.63) is 63.8 Å². The number of sulfonamides is 1. The van der Waals surface area contributed by atoms with Gasteiger partial charge in [0.25, 0.3) is 0 Å². The summed E-state index contributed by atoms with van der Waals surface area (Å²) >= 11 is 0. The van der Waals surface area contributed by atoms with Gasteiger partial charge in [-0.25, -0.2) is 8.42 Å². The number of phenols is 2. The summed E-state index contributed by atoms with van der Waals surface area (Å²) < 4.78 is 28.0. The molecule has 1 aromatic rings. The zero-order valence-electron chi connectivity index (χ0n) is 19.1. The number of allylic oxidation sites excluding steroid dienone is 9. The standard InChI is InChI=1S/C26H31NO4S/c1-16(2)19-10-8-18(4)24-21(14-19)17(3)9-11-20-22(24)15-23(28)26(25(20)29)32(30,31)27-12-6-5-7-13-27/h8-11,14-16,28-29H,5-7,12-13H2,1-4H3. The van der Waals surface area contributed by atoms with Crippen molar-refractivity contribution in [2.45, 2.75) is 51.9 Å². The SMILES string of the molecule is CC1=C2C=C(C(C)C)C=CC(C)=C2c2cc(O)c(S(=O)(=O)N3CCCCC3)c(O)c2C=C1. The Bertz CT molecular complexity index is 1220. The van der Waals surface area contributed by atoms with Crippen molar-refractivity contribution in [3.8, 4) is 11.5 Å². The summed E-state index contributed by atoms with van der Waals surface area (Å²) in [5, 5.41) is 22.1. The van der Waals surface area contributed by atoms with E-state index in [-0.39, 0.29) is 0 Å². The normalized spacial score (nSPS) is 19.6. The van der Waals surface area contributed by atoms with Gasteiger partial charge in [0.05, 0.1) is 0 Å². The second-order valence-electron chi connectivity index (χ2n) is 9.12. The van der Waals surface area contributed by atoms with Gasteiger partial charge in [-0.3, -0.25) is 0 Å². The van der Waals surface area contributed by atoms with Crippen molar-refractivity contribution in [1.82, 2.24) is 4.31 Å². The molecule has 2 aliphatic carbocycles. The van der Waals surface area contributed by atoms with E-state index in [0.717, 1.165) is 41.6 Å². The molecule has 32 heavy (non-hydrogen) atoms. The Morgan fingerprint density at radius 2 is 1.59 bits per heavy atom. The van der Waals surface area contributed by atoms with E-state index in [9.17, 15) is 18.6 Å². The van der Waals surface area contributed by atoms with Gasteiger partial charge in [0, 0.05) is 18.7 Å². The van der Waals surface area contributed by atoms with Crippen LogP contribution in [0.5, 0.6) is 11.5 Å². The molecule has 0 atom stereocenters. The average molecular weight is 454 g/mol. The lowest BCUT2D eigenvalue weighted by Gasteiger charge is -2.27. The van der Waals surface area contributed by atoms with Crippen LogP contribution in [-0.4, -0.2) is 36.0 Å². The van der Waals surface area contributed by atoms with E-state index in [1.165, 1.54) is 15.9 Å². The summed E-state index contributed by atoms with van der Waals surface area (Å²) in [6.07, 6.45) is 12.5. The molecule has 0 aromatic heterocycles. The minimum Gasteiger partial charge on any atom is -0.506 e. The number of benzene rings is 1. The fourth-order valence-corrected chi connectivity index (χ4v) is 6.32. The van der Waals surface area contributed by atoms with Crippen molar-refractivity contribution >= 4 is 21.7 Å². The van der Waals surface area contributed by atoms with Crippen LogP contribution in [0.3, 0.4) is 0 Å². The maximum absolute atomic E-state index is 13.3. The molecule has 1 fully saturated rings. The number of rotatable bonds is 3. The van der Waals surface area contributed by atoms with Gasteiger partial charge in [-0.2, -0.15) is 4.31 Å². The van der Waals surface area contributed by atoms with Crippen LogP contribution in [0.15, 0.2) is 57.6 Å². The van der Waals surface area contributed by atoms with Crippen LogP contribution >= 0.6 is 0 Å². The maximum Gasteiger partial charge on any atom is 0.250 e. The molecular weight excluding hydrogens is 422 g/mol. The third kappa shape index (κ3) is 3.76. The van der Waals surface area contributed by atoms with E-state index >= 15 is 0 Å². The zero-order valence-corrected chi connectivity index (χ0v) is 20.0. The molecule has 4 rings (SSSR count). The summed E-state index contributed by atoms with van der Waals surface area (Å²) in [5.41, 5.74) is 6.13. The van der Waals surface area contributed by atoms with Gasteiger partial charge in [-0.15, -0.1) is 0 Å². The fourth-order valence-electron chi connectivity index (χ4n) is 4.65. The minimum atomic E-state index is -4.01. The molecule has 0 radical (unpaired) electrons. The van der Waals surface area contributed by atoms with Crippen molar-refractivity contribution in [2.75, 3.05) is 13.1 Å². The molecule has 0 unspecified atom stereocenters. The predicted molar refractivity (Wildman–Crippen MR) is 129 cm³/mol. The van der Waals surface area contributed by atoms with Gasteiger partial charge in [0.15, 0.2) is 4.90 Å². The Labute approximate surface area is 190 Å². The van der Waals surface area contributed by atoms with E-state index in [1.807, 2.05) is 26.0 Å². The Morgan fingerprint density at radius 3 is 2.25 bits per heavy atom. The summed E-state index contributed by atoms with van der Waals surface area (Å²) in [5.74, 6) is -0.470.